The van der Waals surface area contributed by atoms with E-state index in [1.54, 1.807) is 0 Å². The molecule has 1 aromatic carbocycles. The monoisotopic (exact) mass is 372 g/mol. The number of alkyl halides is 3. The molecule has 0 bridgehead atoms. The minimum Gasteiger partial charge on any atom is -0.365 e. The van der Waals surface area contributed by atoms with E-state index in [9.17, 15) is 22.4 Å². The van der Waals surface area contributed by atoms with Gasteiger partial charge >= 0.3 is 12.1 Å². The summed E-state index contributed by atoms with van der Waals surface area (Å²) >= 11 is 0. The Kier molecular flexibility index (Phi) is 4.75. The Morgan fingerprint density at radius 3 is 2.65 bits per heavy atom. The van der Waals surface area contributed by atoms with Gasteiger partial charge in [0, 0.05) is 5.56 Å². The second kappa shape index (κ2) is 7.00. The third-order valence-corrected chi connectivity index (χ3v) is 3.07. The van der Waals surface area contributed by atoms with Crippen molar-refractivity contribution in [3.63, 3.8) is 0 Å². The first-order chi connectivity index (χ1) is 12.3. The molecule has 0 aliphatic carbocycles. The molecule has 12 heteroatoms. The molecule has 0 saturated heterocycles. The van der Waals surface area contributed by atoms with Gasteiger partial charge in [0.1, 0.15) is 19.0 Å². The first kappa shape index (κ1) is 17.7. The summed E-state index contributed by atoms with van der Waals surface area (Å²) in [6, 6.07) is 3.13. The Labute approximate surface area is 141 Å². The molecule has 2 heterocycles. The lowest BCUT2D eigenvalue weighted by atomic mass is 10.1. The smallest absolute Gasteiger partial charge is 0.365 e. The maximum Gasteiger partial charge on any atom is 0.471 e. The van der Waals surface area contributed by atoms with Gasteiger partial charge in [-0.05, 0) is 12.1 Å². The highest BCUT2D eigenvalue weighted by Crippen LogP contribution is 2.30. The van der Waals surface area contributed by atoms with Crippen molar-refractivity contribution in [1.82, 2.24) is 20.3 Å². The highest BCUT2D eigenvalue weighted by atomic mass is 19.4. The Morgan fingerprint density at radius 1 is 1.23 bits per heavy atom. The van der Waals surface area contributed by atoms with Crippen LogP contribution in [-0.2, 0) is 17.5 Å². The number of nitrogens with zero attached hydrogens (tertiary/aromatic N) is 4. The zero-order chi connectivity index (χ0) is 18.7. The molecule has 0 fully saturated rings. The normalized spacial score (nSPS) is 11.7. The fourth-order valence-corrected chi connectivity index (χ4v) is 1.89. The average Bonchev–Trinajstić information content (AvgIpc) is 3.25. The second-order valence-corrected chi connectivity index (χ2v) is 4.88. The van der Waals surface area contributed by atoms with Gasteiger partial charge in [-0.2, -0.15) is 23.1 Å². The molecule has 3 rings (SSSR count). The lowest BCUT2D eigenvalue weighted by molar-refractivity contribution is -0.159. The van der Waals surface area contributed by atoms with Crippen molar-refractivity contribution in [3.8, 4) is 11.4 Å². The molecule has 0 spiro atoms. The van der Waals surface area contributed by atoms with Crippen LogP contribution in [0.2, 0.25) is 0 Å². The molecule has 0 amide bonds. The summed E-state index contributed by atoms with van der Waals surface area (Å²) in [5.74, 6) is -3.48. The summed E-state index contributed by atoms with van der Waals surface area (Å²) < 4.78 is 65.1. The third kappa shape index (κ3) is 3.91. The molecule has 0 N–H and O–H groups in total. The summed E-state index contributed by atoms with van der Waals surface area (Å²) in [5.41, 5.74) is -0.382. The SMILES string of the molecule is O=C(COCc1ncon1)c1ccc(-c2noc(C(F)(F)F)n2)c(F)c1. The van der Waals surface area contributed by atoms with Gasteiger partial charge in [-0.25, -0.2) is 4.39 Å². The third-order valence-electron chi connectivity index (χ3n) is 3.07. The summed E-state index contributed by atoms with van der Waals surface area (Å²) in [7, 11) is 0. The van der Waals surface area contributed by atoms with Crippen LogP contribution < -0.4 is 0 Å². The van der Waals surface area contributed by atoms with Crippen molar-refractivity contribution in [3.05, 3.63) is 47.7 Å². The Morgan fingerprint density at radius 2 is 2.04 bits per heavy atom. The fourth-order valence-electron chi connectivity index (χ4n) is 1.89. The molecule has 0 aliphatic heterocycles. The number of benzene rings is 1. The maximum atomic E-state index is 14.1. The van der Waals surface area contributed by atoms with Crippen molar-refractivity contribution < 1.29 is 36.1 Å². The van der Waals surface area contributed by atoms with E-state index in [4.69, 9.17) is 4.74 Å². The average molecular weight is 372 g/mol. The number of Topliss-reactive ketones (excluding diaryl/α,β-unsaturated/α-hetero) is 1. The largest absolute Gasteiger partial charge is 0.471 e. The number of halogens is 4. The minimum absolute atomic E-state index is 0.0427. The predicted molar refractivity (Wildman–Crippen MR) is 73.0 cm³/mol. The summed E-state index contributed by atoms with van der Waals surface area (Å²) in [4.78, 5) is 18.7. The van der Waals surface area contributed by atoms with Gasteiger partial charge < -0.3 is 13.8 Å². The number of rotatable bonds is 6. The summed E-state index contributed by atoms with van der Waals surface area (Å²) in [6.45, 7) is -0.459. The summed E-state index contributed by atoms with van der Waals surface area (Å²) in [6.07, 6.45) is -3.75. The number of ether oxygens (including phenoxy) is 1. The summed E-state index contributed by atoms with van der Waals surface area (Å²) in [5, 5.41) is 6.57. The maximum absolute atomic E-state index is 14.1. The quantitative estimate of drug-likeness (QED) is 0.480. The first-order valence-electron chi connectivity index (χ1n) is 6.91. The number of hydrogen-bond donors (Lipinski definition) is 0. The first-order valence-corrected chi connectivity index (χ1v) is 6.91. The van der Waals surface area contributed by atoms with E-state index in [0.29, 0.717) is 0 Å². The lowest BCUT2D eigenvalue weighted by Gasteiger charge is -2.04. The van der Waals surface area contributed by atoms with Gasteiger partial charge in [-0.1, -0.05) is 16.4 Å². The van der Waals surface area contributed by atoms with E-state index in [2.05, 4.69) is 29.3 Å². The van der Waals surface area contributed by atoms with Crippen LogP contribution >= 0.6 is 0 Å². The molecular formula is C14H8F4N4O4. The van der Waals surface area contributed by atoms with E-state index in [-0.39, 0.29) is 30.2 Å². The number of aromatic nitrogens is 4. The lowest BCUT2D eigenvalue weighted by Crippen LogP contribution is -2.10. The molecule has 0 unspecified atom stereocenters. The Bertz CT molecular complexity index is 908. The molecule has 3 aromatic rings. The van der Waals surface area contributed by atoms with Crippen LogP contribution in [0.5, 0.6) is 0 Å². The van der Waals surface area contributed by atoms with E-state index in [1.807, 2.05) is 0 Å². The topological polar surface area (TPSA) is 104 Å². The zero-order valence-corrected chi connectivity index (χ0v) is 12.7. The number of carbonyl (C=O) groups excluding carboxylic acids is 1. The number of carbonyl (C=O) groups is 1. The van der Waals surface area contributed by atoms with Gasteiger partial charge in [0.15, 0.2) is 11.6 Å². The molecule has 26 heavy (non-hydrogen) atoms. The molecule has 0 saturated carbocycles. The molecule has 136 valence electrons. The van der Waals surface area contributed by atoms with Crippen molar-refractivity contribution >= 4 is 5.78 Å². The van der Waals surface area contributed by atoms with Crippen LogP contribution in [0.4, 0.5) is 17.6 Å². The predicted octanol–water partition coefficient (Wildman–Crippen LogP) is 2.68. The van der Waals surface area contributed by atoms with E-state index in [0.717, 1.165) is 18.5 Å². The highest BCUT2D eigenvalue weighted by molar-refractivity contribution is 5.97. The zero-order valence-electron chi connectivity index (χ0n) is 12.7. The van der Waals surface area contributed by atoms with E-state index in [1.165, 1.54) is 6.07 Å². The van der Waals surface area contributed by atoms with E-state index >= 15 is 0 Å². The van der Waals surface area contributed by atoms with Crippen LogP contribution in [-0.4, -0.2) is 32.7 Å². The standard InChI is InChI=1S/C14H8F4N4O4/c15-9-3-7(10(23)4-24-5-11-19-6-25-21-11)1-2-8(9)12-20-13(26-22-12)14(16,17)18/h1-3,6H,4-5H2. The van der Waals surface area contributed by atoms with Gasteiger partial charge in [-0.3, -0.25) is 4.79 Å². The van der Waals surface area contributed by atoms with Crippen molar-refractivity contribution in [2.45, 2.75) is 12.8 Å². The minimum atomic E-state index is -4.84. The van der Waals surface area contributed by atoms with Gasteiger partial charge in [0.05, 0.1) is 5.56 Å². The highest BCUT2D eigenvalue weighted by Gasteiger charge is 2.38. The van der Waals surface area contributed by atoms with Gasteiger partial charge in [0.2, 0.25) is 12.2 Å². The van der Waals surface area contributed by atoms with Crippen molar-refractivity contribution in [2.24, 2.45) is 0 Å². The van der Waals surface area contributed by atoms with Crippen LogP contribution in [0.3, 0.4) is 0 Å². The van der Waals surface area contributed by atoms with Gasteiger partial charge in [0.25, 0.3) is 0 Å². The molecule has 0 atom stereocenters. The van der Waals surface area contributed by atoms with E-state index < -0.39 is 29.5 Å². The molecule has 2 aromatic heterocycles. The second-order valence-electron chi connectivity index (χ2n) is 4.88. The molecule has 0 radical (unpaired) electrons. The van der Waals surface area contributed by atoms with Gasteiger partial charge in [-0.15, -0.1) is 0 Å². The van der Waals surface area contributed by atoms with Crippen LogP contribution in [0.1, 0.15) is 22.1 Å². The van der Waals surface area contributed by atoms with Crippen molar-refractivity contribution in [2.75, 3.05) is 6.61 Å². The van der Waals surface area contributed by atoms with Crippen LogP contribution in [0, 0.1) is 5.82 Å². The molecule has 8 nitrogen and oxygen atoms in total. The van der Waals surface area contributed by atoms with Crippen molar-refractivity contribution in [1.29, 1.82) is 0 Å². The number of ketones is 1. The van der Waals surface area contributed by atoms with Crippen LogP contribution in [0.15, 0.2) is 33.6 Å². The number of hydrogen-bond acceptors (Lipinski definition) is 8. The molecular weight excluding hydrogens is 364 g/mol. The Balaban J connectivity index is 1.68. The molecule has 0 aliphatic rings. The fraction of sp³-hybridized carbons (Fsp3) is 0.214. The Hall–Kier alpha value is -3.15. The van der Waals surface area contributed by atoms with Crippen LogP contribution in [0.25, 0.3) is 11.4 Å².